The topological polar surface area (TPSA) is 169 Å². The molecule has 0 spiro atoms. The van der Waals surface area contributed by atoms with Gasteiger partial charge < -0.3 is 31.6 Å². The molecule has 2 atom stereocenters. The van der Waals surface area contributed by atoms with Gasteiger partial charge >= 0.3 is 11.9 Å². The van der Waals surface area contributed by atoms with Crippen molar-refractivity contribution in [2.75, 3.05) is 7.05 Å². The molecule has 1 heterocycles. The number of aliphatic imine (C=N–C) groups is 1. The number of carboxylic acids is 2. The number of carboxylic acid groups (broad SMARTS) is 2. The van der Waals surface area contributed by atoms with E-state index in [0.717, 1.165) is 9.93 Å². The molecule has 0 aliphatic carbocycles. The average Bonchev–Trinajstić information content (AvgIpc) is 2.95. The second kappa shape index (κ2) is 11.0. The minimum atomic E-state index is -1.09. The smallest absolute Gasteiger partial charge is 0.320 e. The van der Waals surface area contributed by atoms with Gasteiger partial charge in [0.25, 0.3) is 0 Å². The maximum absolute atomic E-state index is 11.0. The largest absolute Gasteiger partial charge is 0.480 e. The summed E-state index contributed by atoms with van der Waals surface area (Å²) in [6.07, 6.45) is 3.28. The summed E-state index contributed by atoms with van der Waals surface area (Å²) in [4.78, 5) is 30.9. The van der Waals surface area contributed by atoms with Gasteiger partial charge in [-0.2, -0.15) is 0 Å². The number of aliphatic carboxylic acids is 2. The van der Waals surface area contributed by atoms with Gasteiger partial charge in [-0.05, 0) is 17.7 Å². The van der Waals surface area contributed by atoms with Crippen molar-refractivity contribution in [3.05, 3.63) is 22.6 Å². The van der Waals surface area contributed by atoms with Crippen molar-refractivity contribution >= 4 is 39.9 Å². The van der Waals surface area contributed by atoms with Crippen LogP contribution in [0.5, 0.6) is 0 Å². The Hall–Kier alpha value is -2.02. The third-order valence-corrected chi connectivity index (χ3v) is 6.20. The predicted octanol–water partition coefficient (Wildman–Crippen LogP) is 0.396. The second-order valence-electron chi connectivity index (χ2n) is 5.64. The lowest BCUT2D eigenvalue weighted by Gasteiger charge is -2.14. The van der Waals surface area contributed by atoms with Crippen molar-refractivity contribution in [1.82, 2.24) is 14.9 Å². The average molecular weight is 417 g/mol. The Balaban J connectivity index is 2.94. The molecule has 10 nitrogen and oxygen atoms in total. The highest BCUT2D eigenvalue weighted by Gasteiger charge is 2.20. The highest BCUT2D eigenvalue weighted by molar-refractivity contribution is 8.78. The Kier molecular flexibility index (Phi) is 9.35. The van der Waals surface area contributed by atoms with Crippen LogP contribution >= 0.6 is 21.6 Å². The number of imidazole rings is 1. The summed E-state index contributed by atoms with van der Waals surface area (Å²) < 4.78 is 1.78. The molecule has 150 valence electrons. The van der Waals surface area contributed by atoms with E-state index in [0.29, 0.717) is 11.4 Å². The number of carbonyl (C=O) groups is 2. The van der Waals surface area contributed by atoms with Gasteiger partial charge in [-0.1, -0.05) is 10.8 Å². The molecule has 1 rings (SSSR count). The highest BCUT2D eigenvalue weighted by atomic mass is 33.1. The Morgan fingerprint density at radius 3 is 2.56 bits per heavy atom. The minimum absolute atomic E-state index is 0.110. The van der Waals surface area contributed by atoms with E-state index in [2.05, 4.69) is 15.3 Å². The van der Waals surface area contributed by atoms with Gasteiger partial charge in [0.15, 0.2) is 0 Å². The number of nitrogens with two attached hydrogens (primary N) is 2. The van der Waals surface area contributed by atoms with Gasteiger partial charge in [0.2, 0.25) is 0 Å². The molecule has 0 amide bonds. The van der Waals surface area contributed by atoms with Crippen molar-refractivity contribution in [1.29, 1.82) is 0 Å². The van der Waals surface area contributed by atoms with Crippen molar-refractivity contribution in [3.8, 4) is 0 Å². The van der Waals surface area contributed by atoms with Crippen molar-refractivity contribution in [2.45, 2.75) is 36.9 Å². The quantitative estimate of drug-likeness (QED) is 0.193. The first-order valence-corrected chi connectivity index (χ1v) is 10.0. The van der Waals surface area contributed by atoms with E-state index < -0.39 is 24.0 Å². The van der Waals surface area contributed by atoms with Crippen LogP contribution in [0, 0.1) is 0 Å². The molecule has 0 aliphatic heterocycles. The molecule has 0 saturated carbocycles. The number of aromatic nitrogens is 2. The van der Waals surface area contributed by atoms with Crippen LogP contribution in [-0.2, 0) is 23.1 Å². The summed E-state index contributed by atoms with van der Waals surface area (Å²) >= 11 is 0. The summed E-state index contributed by atoms with van der Waals surface area (Å²) in [5.41, 5.74) is 12.5. The van der Waals surface area contributed by atoms with Crippen LogP contribution in [0.25, 0.3) is 0 Å². The summed E-state index contributed by atoms with van der Waals surface area (Å²) in [6, 6.07) is -2.08. The lowest BCUT2D eigenvalue weighted by atomic mass is 10.1. The Morgan fingerprint density at radius 2 is 2.00 bits per heavy atom. The van der Waals surface area contributed by atoms with E-state index in [1.165, 1.54) is 27.9 Å². The number of hydrogen-bond acceptors (Lipinski definition) is 8. The first kappa shape index (κ1) is 23.0. The molecule has 27 heavy (non-hydrogen) atoms. The molecule has 0 radical (unpaired) electrons. The van der Waals surface area contributed by atoms with Gasteiger partial charge in [-0.3, -0.25) is 14.6 Å². The molecule has 7 N–H and O–H groups in total. The lowest BCUT2D eigenvalue weighted by Crippen LogP contribution is -2.32. The molecule has 1 aromatic rings. The minimum Gasteiger partial charge on any atom is -0.480 e. The zero-order valence-electron chi connectivity index (χ0n) is 15.2. The van der Waals surface area contributed by atoms with Crippen LogP contribution in [0.2, 0.25) is 0 Å². The molecule has 0 bridgehead atoms. The number of allylic oxidation sites excluding steroid dienone is 1. The van der Waals surface area contributed by atoms with Crippen LogP contribution in [-0.4, -0.2) is 57.2 Å². The number of nitrogens with zero attached hydrogens (tertiary/aromatic N) is 3. The summed E-state index contributed by atoms with van der Waals surface area (Å²) in [6.45, 7) is 1.83. The monoisotopic (exact) mass is 416 g/mol. The van der Waals surface area contributed by atoms with Crippen LogP contribution in [0.1, 0.15) is 19.0 Å². The molecule has 0 aromatic carbocycles. The van der Waals surface area contributed by atoms with E-state index in [1.807, 2.05) is 6.92 Å². The summed E-state index contributed by atoms with van der Waals surface area (Å²) in [5, 5.41) is 21.7. The first-order chi connectivity index (χ1) is 12.7. The van der Waals surface area contributed by atoms with E-state index in [1.54, 1.807) is 25.0 Å². The highest BCUT2D eigenvalue weighted by Crippen LogP contribution is 2.39. The van der Waals surface area contributed by atoms with Gasteiger partial charge in [-0.25, -0.2) is 4.98 Å². The maximum atomic E-state index is 11.0. The fraction of sp³-hybridized carbons (Fsp3) is 0.467. The van der Waals surface area contributed by atoms with Crippen LogP contribution < -0.4 is 16.8 Å². The van der Waals surface area contributed by atoms with E-state index in [9.17, 15) is 9.59 Å². The lowest BCUT2D eigenvalue weighted by molar-refractivity contribution is -0.139. The van der Waals surface area contributed by atoms with Crippen molar-refractivity contribution < 1.29 is 19.8 Å². The molecule has 0 saturated heterocycles. The zero-order chi connectivity index (χ0) is 20.6. The normalized spacial score (nSPS) is 14.7. The second-order valence-corrected chi connectivity index (χ2v) is 7.97. The third-order valence-electron chi connectivity index (χ3n) is 3.46. The number of nitrogens with one attached hydrogen (secondary N) is 1. The molecule has 0 fully saturated rings. The Morgan fingerprint density at radius 1 is 1.37 bits per heavy atom. The first-order valence-electron chi connectivity index (χ1n) is 7.85. The van der Waals surface area contributed by atoms with E-state index in [-0.39, 0.29) is 12.8 Å². The standard InChI is InChI=1S/C15H24N6O4S2/c1-8(11(19-6-18-2)4-9(16)14(22)23)26-27-13-12(20-7-21(13)3)5-10(17)15(24)25/h6-7,9-10H,4-5,16-17H2,1-3H3,(H,18,19)(H,22,23)(H,24,25)/b11-8+/t9-,10-/m0/s1. The molecule has 12 heteroatoms. The van der Waals surface area contributed by atoms with E-state index >= 15 is 0 Å². The SMILES string of the molecule is C/N=C/N/C(C[C@H](N)C(=O)O)=C(\C)SSc1c(C[C@H](N)C(=O)O)ncn1C. The van der Waals surface area contributed by atoms with Gasteiger partial charge in [0, 0.05) is 37.5 Å². The number of rotatable bonds is 11. The van der Waals surface area contributed by atoms with Gasteiger partial charge in [0.05, 0.1) is 18.4 Å². The van der Waals surface area contributed by atoms with Gasteiger partial charge in [0.1, 0.15) is 17.1 Å². The number of aryl methyl sites for hydroxylation is 1. The molecule has 1 aromatic heterocycles. The van der Waals surface area contributed by atoms with Crippen molar-refractivity contribution in [2.24, 2.45) is 23.5 Å². The Labute approximate surface area is 164 Å². The predicted molar refractivity (Wildman–Crippen MR) is 106 cm³/mol. The summed E-state index contributed by atoms with van der Waals surface area (Å²) in [7, 11) is 6.15. The zero-order valence-corrected chi connectivity index (χ0v) is 16.9. The molecular weight excluding hydrogens is 392 g/mol. The fourth-order valence-corrected chi connectivity index (χ4v) is 4.31. The summed E-state index contributed by atoms with van der Waals surface area (Å²) in [5.74, 6) is -2.18. The maximum Gasteiger partial charge on any atom is 0.320 e. The third kappa shape index (κ3) is 7.25. The number of hydrogen-bond donors (Lipinski definition) is 5. The van der Waals surface area contributed by atoms with Gasteiger partial charge in [-0.15, -0.1) is 0 Å². The van der Waals surface area contributed by atoms with Crippen LogP contribution in [0.4, 0.5) is 0 Å². The van der Waals surface area contributed by atoms with E-state index in [4.69, 9.17) is 21.7 Å². The fourth-order valence-electron chi connectivity index (χ4n) is 1.92. The van der Waals surface area contributed by atoms with Crippen molar-refractivity contribution in [3.63, 3.8) is 0 Å². The van der Waals surface area contributed by atoms with Crippen LogP contribution in [0.15, 0.2) is 26.9 Å². The van der Waals surface area contributed by atoms with Crippen LogP contribution in [0.3, 0.4) is 0 Å². The molecule has 0 aliphatic rings. The molecule has 0 unspecified atom stereocenters. The molecular formula is C15H24N6O4S2. The Bertz CT molecular complexity index is 734.